The largest absolute Gasteiger partial charge is 0.473 e. The average Bonchev–Trinajstić information content (AvgIpc) is 3.06. The number of alkyl halides is 1. The van der Waals surface area contributed by atoms with E-state index in [-0.39, 0.29) is 16.8 Å². The van der Waals surface area contributed by atoms with E-state index in [9.17, 15) is 9.18 Å². The molecule has 3 heterocycles. The molecule has 1 saturated carbocycles. The van der Waals surface area contributed by atoms with E-state index in [0.29, 0.717) is 31.8 Å². The van der Waals surface area contributed by atoms with Crippen LogP contribution in [-0.4, -0.2) is 51.2 Å². The topological polar surface area (TPSA) is 42.4 Å². The quantitative estimate of drug-likeness (QED) is 0.857. The lowest BCUT2D eigenvalue weighted by atomic mass is 9.92. The molecule has 0 aromatic carbocycles. The maximum absolute atomic E-state index is 13.8. The molecular weight excluding hydrogens is 291 g/mol. The highest BCUT2D eigenvalue weighted by atomic mass is 32.2. The van der Waals surface area contributed by atoms with Crippen molar-refractivity contribution < 1.29 is 13.9 Å². The molecule has 3 fully saturated rings. The number of carbonyl (C=O) groups excluding carboxylic acids is 1. The van der Waals surface area contributed by atoms with Gasteiger partial charge in [0.15, 0.2) is 5.67 Å². The molecule has 1 aromatic rings. The molecule has 6 heteroatoms. The Hall–Kier alpha value is -1.30. The number of hydrogen-bond acceptors (Lipinski definition) is 4. The van der Waals surface area contributed by atoms with Crippen LogP contribution in [0.25, 0.3) is 0 Å². The molecule has 1 atom stereocenters. The van der Waals surface area contributed by atoms with Gasteiger partial charge in [0.05, 0.1) is 4.75 Å². The van der Waals surface area contributed by atoms with E-state index < -0.39 is 5.67 Å². The summed E-state index contributed by atoms with van der Waals surface area (Å²) in [4.78, 5) is 17.8. The van der Waals surface area contributed by atoms with Crippen LogP contribution in [-0.2, 0) is 4.79 Å². The normalized spacial score (nSPS) is 28.2. The number of amides is 1. The third-order valence-electron chi connectivity index (χ3n) is 4.42. The summed E-state index contributed by atoms with van der Waals surface area (Å²) in [6.45, 7) is 1.31. The molecule has 0 N–H and O–H groups in total. The van der Waals surface area contributed by atoms with Crippen molar-refractivity contribution in [2.75, 3.05) is 18.8 Å². The van der Waals surface area contributed by atoms with E-state index in [0.717, 1.165) is 12.2 Å². The van der Waals surface area contributed by atoms with E-state index in [1.54, 1.807) is 11.1 Å². The Morgan fingerprint density at radius 1 is 1.43 bits per heavy atom. The molecule has 3 aliphatic rings. The first-order valence-electron chi connectivity index (χ1n) is 7.29. The zero-order valence-electron chi connectivity index (χ0n) is 11.6. The van der Waals surface area contributed by atoms with Crippen molar-refractivity contribution in [3.8, 4) is 5.88 Å². The zero-order chi connectivity index (χ0) is 14.5. The first-order valence-corrected chi connectivity index (χ1v) is 8.27. The number of thioether (sulfide) groups is 1. The third kappa shape index (κ3) is 2.39. The van der Waals surface area contributed by atoms with Gasteiger partial charge in [0.25, 0.3) is 5.91 Å². The summed E-state index contributed by atoms with van der Waals surface area (Å²) in [5, 5.41) is 0. The van der Waals surface area contributed by atoms with E-state index in [4.69, 9.17) is 4.74 Å². The van der Waals surface area contributed by atoms with E-state index in [2.05, 4.69) is 4.98 Å². The van der Waals surface area contributed by atoms with Gasteiger partial charge in [0.1, 0.15) is 6.10 Å². The Morgan fingerprint density at radius 3 is 2.90 bits per heavy atom. The fourth-order valence-corrected chi connectivity index (χ4v) is 4.61. The molecule has 2 aliphatic heterocycles. The van der Waals surface area contributed by atoms with Crippen molar-refractivity contribution in [3.05, 3.63) is 24.4 Å². The van der Waals surface area contributed by atoms with Crippen LogP contribution in [0.1, 0.15) is 19.3 Å². The first kappa shape index (κ1) is 13.4. The van der Waals surface area contributed by atoms with Gasteiger partial charge in [-0.1, -0.05) is 6.07 Å². The number of hydrogen-bond donors (Lipinski definition) is 0. The molecular formula is C15H17FN2O2S. The van der Waals surface area contributed by atoms with Crippen LogP contribution in [0.5, 0.6) is 5.88 Å². The van der Waals surface area contributed by atoms with Crippen molar-refractivity contribution >= 4 is 17.7 Å². The minimum absolute atomic E-state index is 0.0698. The standard InChI is InChI=1S/C15H17FN2O2S/c16-15(4-5-15)13(19)18-9-14(10-18)7-11(8-21-14)20-12-3-1-2-6-17-12/h1-3,6,11H,4-5,7-10H2. The molecule has 1 aliphatic carbocycles. The van der Waals surface area contributed by atoms with Gasteiger partial charge in [-0.2, -0.15) is 0 Å². The zero-order valence-corrected chi connectivity index (χ0v) is 12.4. The molecule has 1 amide bonds. The van der Waals surface area contributed by atoms with Gasteiger partial charge < -0.3 is 9.64 Å². The van der Waals surface area contributed by atoms with Crippen LogP contribution in [0.3, 0.4) is 0 Å². The lowest BCUT2D eigenvalue weighted by Gasteiger charge is -2.47. The highest BCUT2D eigenvalue weighted by molar-refractivity contribution is 8.01. The van der Waals surface area contributed by atoms with Crippen LogP contribution in [0, 0.1) is 0 Å². The van der Waals surface area contributed by atoms with Crippen LogP contribution in [0.2, 0.25) is 0 Å². The summed E-state index contributed by atoms with van der Waals surface area (Å²) < 4.78 is 19.7. The predicted octanol–water partition coefficient (Wildman–Crippen LogP) is 2.05. The molecule has 1 spiro atoms. The van der Waals surface area contributed by atoms with E-state index in [1.165, 1.54) is 0 Å². The van der Waals surface area contributed by atoms with Crippen molar-refractivity contribution in [3.63, 3.8) is 0 Å². The second-order valence-corrected chi connectivity index (χ2v) is 7.72. The second kappa shape index (κ2) is 4.60. The summed E-state index contributed by atoms with van der Waals surface area (Å²) in [6.07, 6.45) is 3.54. The molecule has 4 rings (SSSR count). The van der Waals surface area contributed by atoms with Crippen LogP contribution in [0.4, 0.5) is 4.39 Å². The minimum atomic E-state index is -1.53. The lowest BCUT2D eigenvalue weighted by Crippen LogP contribution is -2.62. The molecule has 112 valence electrons. The summed E-state index contributed by atoms with van der Waals surface area (Å²) >= 11 is 1.84. The SMILES string of the molecule is O=C(N1CC2(CC(Oc3ccccn3)CS2)C1)C1(F)CC1. The van der Waals surface area contributed by atoms with Crippen LogP contribution in [0.15, 0.2) is 24.4 Å². The Morgan fingerprint density at radius 2 is 2.24 bits per heavy atom. The Labute approximate surface area is 127 Å². The molecule has 2 saturated heterocycles. The van der Waals surface area contributed by atoms with Crippen molar-refractivity contribution in [2.45, 2.75) is 35.8 Å². The van der Waals surface area contributed by atoms with Gasteiger partial charge in [-0.05, 0) is 18.9 Å². The van der Waals surface area contributed by atoms with Gasteiger partial charge in [-0.25, -0.2) is 9.37 Å². The highest BCUT2D eigenvalue weighted by Gasteiger charge is 2.59. The third-order valence-corrected chi connectivity index (χ3v) is 5.99. The number of nitrogens with zero attached hydrogens (tertiary/aromatic N) is 2. The number of rotatable bonds is 3. The number of aromatic nitrogens is 1. The number of likely N-dealkylation sites (tertiary alicyclic amines) is 1. The minimum Gasteiger partial charge on any atom is -0.473 e. The summed E-state index contributed by atoms with van der Waals surface area (Å²) in [5.41, 5.74) is -1.53. The predicted molar refractivity (Wildman–Crippen MR) is 78.1 cm³/mol. The van der Waals surface area contributed by atoms with E-state index in [1.807, 2.05) is 30.0 Å². The lowest BCUT2D eigenvalue weighted by molar-refractivity contribution is -0.143. The maximum Gasteiger partial charge on any atom is 0.260 e. The fraction of sp³-hybridized carbons (Fsp3) is 0.600. The summed E-state index contributed by atoms with van der Waals surface area (Å²) in [5.74, 6) is 1.25. The van der Waals surface area contributed by atoms with Gasteiger partial charge in [0.2, 0.25) is 5.88 Å². The van der Waals surface area contributed by atoms with Crippen molar-refractivity contribution in [1.82, 2.24) is 9.88 Å². The summed E-state index contributed by atoms with van der Waals surface area (Å²) in [7, 11) is 0. The Kier molecular flexibility index (Phi) is 2.93. The van der Waals surface area contributed by atoms with Crippen LogP contribution >= 0.6 is 11.8 Å². The Balaban J connectivity index is 1.32. The molecule has 21 heavy (non-hydrogen) atoms. The Bertz CT molecular complexity index is 558. The number of halogens is 1. The highest BCUT2D eigenvalue weighted by Crippen LogP contribution is 2.49. The van der Waals surface area contributed by atoms with Gasteiger partial charge in [-0.3, -0.25) is 4.79 Å². The van der Waals surface area contributed by atoms with Crippen LogP contribution < -0.4 is 4.74 Å². The monoisotopic (exact) mass is 308 g/mol. The van der Waals surface area contributed by atoms with Gasteiger partial charge in [-0.15, -0.1) is 11.8 Å². The van der Waals surface area contributed by atoms with Gasteiger partial charge in [0, 0.05) is 37.5 Å². The second-order valence-electron chi connectivity index (χ2n) is 6.23. The first-order chi connectivity index (χ1) is 10.1. The number of pyridine rings is 1. The molecule has 1 aromatic heterocycles. The summed E-state index contributed by atoms with van der Waals surface area (Å²) in [6, 6.07) is 5.62. The number of carbonyl (C=O) groups is 1. The number of ether oxygens (including phenoxy) is 1. The maximum atomic E-state index is 13.8. The van der Waals surface area contributed by atoms with Crippen molar-refractivity contribution in [1.29, 1.82) is 0 Å². The average molecular weight is 308 g/mol. The molecule has 0 radical (unpaired) electrons. The smallest absolute Gasteiger partial charge is 0.260 e. The molecule has 1 unspecified atom stereocenters. The fourth-order valence-electron chi connectivity index (χ4n) is 3.09. The van der Waals surface area contributed by atoms with E-state index >= 15 is 0 Å². The van der Waals surface area contributed by atoms with Gasteiger partial charge >= 0.3 is 0 Å². The van der Waals surface area contributed by atoms with Crippen molar-refractivity contribution in [2.24, 2.45) is 0 Å². The molecule has 4 nitrogen and oxygen atoms in total. The molecule has 0 bridgehead atoms.